The summed E-state index contributed by atoms with van der Waals surface area (Å²) in [5.74, 6) is -0.820. The van der Waals surface area contributed by atoms with Crippen LogP contribution in [0.3, 0.4) is 0 Å². The van der Waals surface area contributed by atoms with E-state index in [-0.39, 0.29) is 12.3 Å². The van der Waals surface area contributed by atoms with E-state index in [1.165, 1.54) is 0 Å². The molecule has 0 fully saturated rings. The number of hydrogen-bond acceptors (Lipinski definition) is 2. The molecule has 2 aromatic rings. The third-order valence-electron chi connectivity index (χ3n) is 2.44. The summed E-state index contributed by atoms with van der Waals surface area (Å²) in [5.41, 5.74) is -0.360. The van der Waals surface area contributed by atoms with Gasteiger partial charge in [-0.25, -0.2) is 4.79 Å². The second kappa shape index (κ2) is 5.17. The lowest BCUT2D eigenvalue weighted by atomic mass is 10.2. The predicted molar refractivity (Wildman–Crippen MR) is 61.4 cm³/mol. The van der Waals surface area contributed by atoms with Crippen LogP contribution >= 0.6 is 0 Å². The van der Waals surface area contributed by atoms with Gasteiger partial charge in [0.05, 0.1) is 5.56 Å². The number of aromatic amines is 1. The second-order valence-electron chi connectivity index (χ2n) is 3.86. The fourth-order valence-electron chi connectivity index (χ4n) is 1.48. The Kier molecular flexibility index (Phi) is 3.59. The van der Waals surface area contributed by atoms with Crippen molar-refractivity contribution in [2.24, 2.45) is 0 Å². The Labute approximate surface area is 107 Å². The summed E-state index contributed by atoms with van der Waals surface area (Å²) < 4.78 is 41.9. The van der Waals surface area contributed by atoms with Crippen molar-refractivity contribution in [3.63, 3.8) is 0 Å². The molecular weight excluding hydrogens is 259 g/mol. The van der Waals surface area contributed by atoms with Gasteiger partial charge in [0.2, 0.25) is 0 Å². The van der Waals surface area contributed by atoms with E-state index >= 15 is 0 Å². The van der Waals surface area contributed by atoms with Crippen LogP contribution < -0.4 is 0 Å². The molecule has 0 atom stereocenters. The van der Waals surface area contributed by atoms with Crippen molar-refractivity contribution in [2.45, 2.75) is 12.8 Å². The summed E-state index contributed by atoms with van der Waals surface area (Å²) in [6.45, 7) is 0.0139. The van der Waals surface area contributed by atoms with Crippen molar-refractivity contribution < 1.29 is 22.7 Å². The first kappa shape index (κ1) is 13.2. The van der Waals surface area contributed by atoms with Gasteiger partial charge in [0.15, 0.2) is 0 Å². The number of esters is 1. The van der Waals surface area contributed by atoms with E-state index in [2.05, 4.69) is 4.98 Å². The molecule has 100 valence electrons. The zero-order valence-corrected chi connectivity index (χ0v) is 9.70. The molecule has 0 amide bonds. The second-order valence-corrected chi connectivity index (χ2v) is 3.86. The third kappa shape index (κ3) is 3.37. The van der Waals surface area contributed by atoms with E-state index in [1.54, 1.807) is 24.3 Å². The topological polar surface area (TPSA) is 42.1 Å². The van der Waals surface area contributed by atoms with E-state index < -0.39 is 17.7 Å². The van der Waals surface area contributed by atoms with Crippen LogP contribution in [0.15, 0.2) is 42.6 Å². The van der Waals surface area contributed by atoms with Gasteiger partial charge in [0.1, 0.15) is 12.3 Å². The smallest absolute Gasteiger partial charge is 0.417 e. The Balaban J connectivity index is 1.99. The Hall–Kier alpha value is -2.24. The largest absolute Gasteiger partial charge is 0.456 e. The lowest BCUT2D eigenvalue weighted by molar-refractivity contribution is -0.137. The minimum Gasteiger partial charge on any atom is -0.456 e. The normalized spacial score (nSPS) is 11.3. The van der Waals surface area contributed by atoms with Gasteiger partial charge >= 0.3 is 12.1 Å². The summed E-state index contributed by atoms with van der Waals surface area (Å²) in [6, 6.07) is 9.60. The maximum Gasteiger partial charge on any atom is 0.417 e. The number of carbonyl (C=O) groups is 1. The van der Waals surface area contributed by atoms with Crippen molar-refractivity contribution in [1.29, 1.82) is 0 Å². The highest BCUT2D eigenvalue weighted by Gasteiger charge is 2.32. The molecule has 3 nitrogen and oxygen atoms in total. The Morgan fingerprint density at radius 3 is 2.47 bits per heavy atom. The lowest BCUT2D eigenvalue weighted by Gasteiger charge is -2.03. The van der Waals surface area contributed by atoms with Gasteiger partial charge in [-0.05, 0) is 11.6 Å². The first-order valence-corrected chi connectivity index (χ1v) is 5.43. The van der Waals surface area contributed by atoms with Crippen LogP contribution in [0.5, 0.6) is 0 Å². The van der Waals surface area contributed by atoms with Gasteiger partial charge in [-0.15, -0.1) is 0 Å². The molecule has 0 aliphatic carbocycles. The van der Waals surface area contributed by atoms with Crippen LogP contribution in [-0.4, -0.2) is 11.0 Å². The number of aromatic nitrogens is 1. The number of nitrogens with one attached hydrogen (secondary N) is 1. The van der Waals surface area contributed by atoms with Crippen LogP contribution in [0.4, 0.5) is 13.2 Å². The van der Waals surface area contributed by atoms with Crippen LogP contribution in [0.25, 0.3) is 0 Å². The number of alkyl halides is 3. The standard InChI is InChI=1S/C13H10F3NO2/c14-13(15,16)10-6-11(17-7-10)12(18)19-8-9-4-2-1-3-5-9/h1-7,17H,8H2. The van der Waals surface area contributed by atoms with Gasteiger partial charge in [-0.1, -0.05) is 30.3 Å². The molecule has 1 aromatic heterocycles. The minimum absolute atomic E-state index is 0.0139. The van der Waals surface area contributed by atoms with Crippen LogP contribution in [0, 0.1) is 0 Å². The number of carbonyl (C=O) groups excluding carboxylic acids is 1. The highest BCUT2D eigenvalue weighted by atomic mass is 19.4. The van der Waals surface area contributed by atoms with Gasteiger partial charge in [0, 0.05) is 6.20 Å². The van der Waals surface area contributed by atoms with E-state index in [4.69, 9.17) is 4.74 Å². The molecule has 0 bridgehead atoms. The molecule has 0 aliphatic rings. The summed E-state index contributed by atoms with van der Waals surface area (Å²) in [4.78, 5) is 13.8. The maximum absolute atomic E-state index is 12.3. The Morgan fingerprint density at radius 1 is 1.21 bits per heavy atom. The number of benzene rings is 1. The molecule has 0 unspecified atom stereocenters. The maximum atomic E-state index is 12.3. The molecule has 1 N–H and O–H groups in total. The zero-order valence-electron chi connectivity index (χ0n) is 9.70. The predicted octanol–water partition coefficient (Wildman–Crippen LogP) is 3.39. The van der Waals surface area contributed by atoms with Gasteiger partial charge in [-0.2, -0.15) is 13.2 Å². The fraction of sp³-hybridized carbons (Fsp3) is 0.154. The molecule has 0 aliphatic heterocycles. The Bertz CT molecular complexity index is 561. The number of halogens is 3. The van der Waals surface area contributed by atoms with Crippen molar-refractivity contribution in [3.8, 4) is 0 Å². The first-order valence-electron chi connectivity index (χ1n) is 5.43. The van der Waals surface area contributed by atoms with E-state index in [0.717, 1.165) is 17.8 Å². The highest BCUT2D eigenvalue weighted by molar-refractivity contribution is 5.87. The molecule has 19 heavy (non-hydrogen) atoms. The quantitative estimate of drug-likeness (QED) is 0.868. The van der Waals surface area contributed by atoms with Crippen molar-refractivity contribution >= 4 is 5.97 Å². The number of ether oxygens (including phenoxy) is 1. The fourth-order valence-corrected chi connectivity index (χ4v) is 1.48. The third-order valence-corrected chi connectivity index (χ3v) is 2.44. The monoisotopic (exact) mass is 269 g/mol. The van der Waals surface area contributed by atoms with Crippen molar-refractivity contribution in [2.75, 3.05) is 0 Å². The number of H-pyrrole nitrogens is 1. The average molecular weight is 269 g/mol. The van der Waals surface area contributed by atoms with Crippen LogP contribution in [0.2, 0.25) is 0 Å². The van der Waals surface area contributed by atoms with E-state index in [0.29, 0.717) is 0 Å². The summed E-state index contributed by atoms with van der Waals surface area (Å²) in [6.07, 6.45) is -3.74. The average Bonchev–Trinajstić information content (AvgIpc) is 2.87. The Morgan fingerprint density at radius 2 is 1.89 bits per heavy atom. The lowest BCUT2D eigenvalue weighted by Crippen LogP contribution is -2.06. The first-order chi connectivity index (χ1) is 8.97. The molecular formula is C13H10F3NO2. The van der Waals surface area contributed by atoms with Gasteiger partial charge in [-0.3, -0.25) is 0 Å². The van der Waals surface area contributed by atoms with Crippen LogP contribution in [0.1, 0.15) is 21.6 Å². The number of rotatable bonds is 3. The molecule has 1 heterocycles. The van der Waals surface area contributed by atoms with E-state index in [9.17, 15) is 18.0 Å². The van der Waals surface area contributed by atoms with Crippen molar-refractivity contribution in [3.05, 3.63) is 59.4 Å². The molecule has 0 saturated carbocycles. The summed E-state index contributed by atoms with van der Waals surface area (Å²) in [5, 5.41) is 0. The molecule has 0 radical (unpaired) electrons. The minimum atomic E-state index is -4.48. The highest BCUT2D eigenvalue weighted by Crippen LogP contribution is 2.29. The molecule has 1 aromatic carbocycles. The SMILES string of the molecule is O=C(OCc1ccccc1)c1cc(C(F)(F)F)c[nH]1. The molecule has 2 rings (SSSR count). The molecule has 6 heteroatoms. The molecule has 0 spiro atoms. The summed E-state index contributed by atoms with van der Waals surface area (Å²) >= 11 is 0. The van der Waals surface area contributed by atoms with Gasteiger partial charge < -0.3 is 9.72 Å². The molecule has 0 saturated heterocycles. The van der Waals surface area contributed by atoms with Gasteiger partial charge in [0.25, 0.3) is 0 Å². The van der Waals surface area contributed by atoms with E-state index in [1.807, 2.05) is 6.07 Å². The van der Waals surface area contributed by atoms with Crippen LogP contribution in [-0.2, 0) is 17.5 Å². The zero-order chi connectivity index (χ0) is 13.9. The van der Waals surface area contributed by atoms with Crippen molar-refractivity contribution in [1.82, 2.24) is 4.98 Å². The summed E-state index contributed by atoms with van der Waals surface area (Å²) in [7, 11) is 0. The number of hydrogen-bond donors (Lipinski definition) is 1.